The molecule has 0 aliphatic carbocycles. The summed E-state index contributed by atoms with van der Waals surface area (Å²) in [6, 6.07) is 0. The highest BCUT2D eigenvalue weighted by Gasteiger charge is 2.29. The Morgan fingerprint density at radius 3 is 2.52 bits per heavy atom. The maximum Gasteiger partial charge on any atom is 0.202 e. The van der Waals surface area contributed by atoms with Crippen molar-refractivity contribution in [1.29, 1.82) is 0 Å². The molecule has 0 aromatic carbocycles. The predicted octanol–water partition coefficient (Wildman–Crippen LogP) is 2.64. The van der Waals surface area contributed by atoms with E-state index in [9.17, 15) is 0 Å². The Morgan fingerprint density at radius 1 is 1.17 bits per heavy atom. The maximum atomic E-state index is 6.11. The van der Waals surface area contributed by atoms with E-state index in [0.29, 0.717) is 34.7 Å². The second-order valence-electron chi connectivity index (χ2n) is 7.29. The van der Waals surface area contributed by atoms with E-state index in [2.05, 4.69) is 37.0 Å². The molecule has 3 aromatic heterocycles. The number of nitrogens with zero attached hydrogens (tertiary/aromatic N) is 5. The molecule has 1 saturated heterocycles. The first kappa shape index (κ1) is 23.2. The number of aromatic amines is 1. The highest BCUT2D eigenvalue weighted by atomic mass is 35.5. The van der Waals surface area contributed by atoms with E-state index in [1.54, 1.807) is 12.4 Å². The summed E-state index contributed by atoms with van der Waals surface area (Å²) in [5.41, 5.74) is 20.5. The van der Waals surface area contributed by atoms with Crippen molar-refractivity contribution in [3.05, 3.63) is 17.4 Å². The van der Waals surface area contributed by atoms with Gasteiger partial charge >= 0.3 is 0 Å². The topological polar surface area (TPSA) is 149 Å². The molecule has 4 rings (SSSR count). The molecule has 0 bridgehead atoms. The van der Waals surface area contributed by atoms with Crippen LogP contribution in [0.5, 0.6) is 0 Å². The Hall–Kier alpha value is -2.07. The van der Waals surface area contributed by atoms with Crippen molar-refractivity contribution in [3.8, 4) is 11.3 Å². The number of hydrogen-bond donors (Lipinski definition) is 4. The molecule has 7 N–H and O–H groups in total. The minimum atomic E-state index is 0. The molecular weight excluding hydrogens is 437 g/mol. The Bertz CT molecular complexity index is 999. The van der Waals surface area contributed by atoms with Crippen LogP contribution >= 0.6 is 36.4 Å². The van der Waals surface area contributed by atoms with Crippen LogP contribution in [0.25, 0.3) is 22.4 Å². The van der Waals surface area contributed by atoms with Crippen molar-refractivity contribution in [3.63, 3.8) is 0 Å². The average Bonchev–Trinajstić information content (AvgIpc) is 3.10. The second-order valence-corrected chi connectivity index (χ2v) is 7.66. The number of nitrogens with two attached hydrogens (primary N) is 3. The summed E-state index contributed by atoms with van der Waals surface area (Å²) in [6.07, 6.45) is 5.37. The number of nitrogens with one attached hydrogen (secondary N) is 1. The van der Waals surface area contributed by atoms with Crippen molar-refractivity contribution in [2.45, 2.75) is 19.8 Å². The number of piperidine rings is 1. The van der Waals surface area contributed by atoms with Crippen LogP contribution in [0.3, 0.4) is 0 Å². The molecule has 0 spiro atoms. The zero-order valence-electron chi connectivity index (χ0n) is 15.9. The fourth-order valence-corrected chi connectivity index (χ4v) is 3.47. The fourth-order valence-electron chi connectivity index (χ4n) is 3.32. The minimum absolute atomic E-state index is 0. The smallest absolute Gasteiger partial charge is 0.202 e. The average molecular weight is 461 g/mol. The molecule has 0 amide bonds. The lowest BCUT2D eigenvalue weighted by atomic mass is 9.80. The van der Waals surface area contributed by atoms with Gasteiger partial charge in [-0.1, -0.05) is 18.5 Å². The molecule has 3 aromatic rings. The van der Waals surface area contributed by atoms with E-state index in [1.807, 2.05) is 0 Å². The molecule has 0 atom stereocenters. The van der Waals surface area contributed by atoms with Gasteiger partial charge in [0.15, 0.2) is 0 Å². The van der Waals surface area contributed by atoms with Gasteiger partial charge in [0.05, 0.1) is 17.6 Å². The number of rotatable bonds is 3. The minimum Gasteiger partial charge on any atom is -0.397 e. The summed E-state index contributed by atoms with van der Waals surface area (Å²) in [5.74, 6) is 0.991. The third-order valence-electron chi connectivity index (χ3n) is 5.39. The van der Waals surface area contributed by atoms with Gasteiger partial charge in [0, 0.05) is 24.8 Å². The molecule has 0 unspecified atom stereocenters. The first-order valence-electron chi connectivity index (χ1n) is 8.78. The molecular formula is C17H24Cl3N9. The predicted molar refractivity (Wildman–Crippen MR) is 122 cm³/mol. The number of fused-ring (bicyclic) bond motifs is 1. The first-order valence-corrected chi connectivity index (χ1v) is 9.15. The Kier molecular flexibility index (Phi) is 7.00. The Morgan fingerprint density at radius 2 is 1.86 bits per heavy atom. The van der Waals surface area contributed by atoms with Gasteiger partial charge in [0.1, 0.15) is 22.2 Å². The van der Waals surface area contributed by atoms with E-state index in [-0.39, 0.29) is 41.1 Å². The number of pyridine rings is 1. The van der Waals surface area contributed by atoms with Crippen LogP contribution in [0.4, 0.5) is 17.3 Å². The molecule has 12 heteroatoms. The van der Waals surface area contributed by atoms with E-state index >= 15 is 0 Å². The van der Waals surface area contributed by atoms with Gasteiger partial charge < -0.3 is 22.1 Å². The lowest BCUT2D eigenvalue weighted by Crippen LogP contribution is -2.42. The quantitative estimate of drug-likeness (QED) is 0.466. The van der Waals surface area contributed by atoms with Gasteiger partial charge in [-0.15, -0.1) is 24.8 Å². The molecule has 1 aliphatic heterocycles. The molecule has 29 heavy (non-hydrogen) atoms. The lowest BCUT2D eigenvalue weighted by Gasteiger charge is -2.39. The lowest BCUT2D eigenvalue weighted by molar-refractivity contribution is 0.258. The number of anilines is 3. The van der Waals surface area contributed by atoms with E-state index in [1.165, 1.54) is 0 Å². The maximum absolute atomic E-state index is 6.11. The summed E-state index contributed by atoms with van der Waals surface area (Å²) in [4.78, 5) is 15.5. The van der Waals surface area contributed by atoms with Crippen LogP contribution in [0.1, 0.15) is 19.8 Å². The summed E-state index contributed by atoms with van der Waals surface area (Å²) in [5, 5.41) is 7.44. The van der Waals surface area contributed by atoms with Crippen LogP contribution < -0.4 is 22.1 Å². The molecule has 0 saturated carbocycles. The molecule has 4 heterocycles. The standard InChI is InChI=1S/C17H22ClN9.2ClH/c1-17(8-19)2-4-27(5-3-17)10-7-22-14-13(25-26-16(14)24-10)9-6-23-15(21)11(18)12(9)20;;/h6-7H,2-5,8,19H2,1H3,(H4,20,21,23)(H,24,25,26);2*1H. The van der Waals surface area contributed by atoms with Crippen LogP contribution in [0.15, 0.2) is 12.4 Å². The molecule has 1 aliphatic rings. The normalized spacial score (nSPS) is 15.6. The zero-order chi connectivity index (χ0) is 19.2. The third-order valence-corrected chi connectivity index (χ3v) is 5.79. The summed E-state index contributed by atoms with van der Waals surface area (Å²) >= 11 is 6.11. The van der Waals surface area contributed by atoms with Crippen LogP contribution in [0, 0.1) is 5.41 Å². The number of H-pyrrole nitrogens is 1. The van der Waals surface area contributed by atoms with Crippen LogP contribution in [0.2, 0.25) is 5.02 Å². The highest BCUT2D eigenvalue weighted by Crippen LogP contribution is 2.36. The second kappa shape index (κ2) is 8.74. The largest absolute Gasteiger partial charge is 0.397 e. The van der Waals surface area contributed by atoms with Crippen molar-refractivity contribution in [2.24, 2.45) is 11.1 Å². The third kappa shape index (κ3) is 4.13. The highest BCUT2D eigenvalue weighted by molar-refractivity contribution is 6.36. The number of halogens is 3. The van der Waals surface area contributed by atoms with Crippen molar-refractivity contribution in [1.82, 2.24) is 25.1 Å². The van der Waals surface area contributed by atoms with Gasteiger partial charge in [-0.25, -0.2) is 15.0 Å². The zero-order valence-corrected chi connectivity index (χ0v) is 18.2. The van der Waals surface area contributed by atoms with Gasteiger partial charge in [-0.2, -0.15) is 5.10 Å². The van der Waals surface area contributed by atoms with Crippen LogP contribution in [-0.2, 0) is 0 Å². The van der Waals surface area contributed by atoms with Crippen LogP contribution in [-0.4, -0.2) is 44.8 Å². The molecule has 9 nitrogen and oxygen atoms in total. The summed E-state index contributed by atoms with van der Waals surface area (Å²) in [7, 11) is 0. The van der Waals surface area contributed by atoms with Gasteiger partial charge in [-0.05, 0) is 24.8 Å². The number of nitrogen functional groups attached to an aromatic ring is 2. The van der Waals surface area contributed by atoms with Gasteiger partial charge in [0.2, 0.25) is 5.65 Å². The van der Waals surface area contributed by atoms with Gasteiger partial charge in [0.25, 0.3) is 0 Å². The monoisotopic (exact) mass is 459 g/mol. The number of aromatic nitrogens is 5. The van der Waals surface area contributed by atoms with E-state index in [0.717, 1.165) is 31.7 Å². The van der Waals surface area contributed by atoms with Crippen molar-refractivity contribution >= 4 is 64.9 Å². The Balaban J connectivity index is 0.00000150. The van der Waals surface area contributed by atoms with Gasteiger partial charge in [-0.3, -0.25) is 5.10 Å². The molecule has 1 fully saturated rings. The summed E-state index contributed by atoms with van der Waals surface area (Å²) in [6.45, 7) is 4.73. The van der Waals surface area contributed by atoms with E-state index in [4.69, 9.17) is 28.8 Å². The number of hydrogen-bond acceptors (Lipinski definition) is 8. The van der Waals surface area contributed by atoms with Crippen molar-refractivity contribution < 1.29 is 0 Å². The first-order chi connectivity index (χ1) is 12.9. The Labute approximate surface area is 185 Å². The fraction of sp³-hybridized carbons (Fsp3) is 0.412. The molecule has 158 valence electrons. The SMILES string of the molecule is CC1(CN)CCN(c2cnc3c(-c4cnc(N)c(Cl)c4N)[nH]nc3n2)CC1.Cl.Cl. The van der Waals surface area contributed by atoms with Crippen molar-refractivity contribution in [2.75, 3.05) is 36.0 Å². The molecule has 0 radical (unpaired) electrons. The summed E-state index contributed by atoms with van der Waals surface area (Å²) < 4.78 is 0. The van der Waals surface area contributed by atoms with E-state index < -0.39 is 0 Å².